The van der Waals surface area contributed by atoms with Crippen LogP contribution < -0.4 is 20.6 Å². The van der Waals surface area contributed by atoms with E-state index in [4.69, 9.17) is 15.2 Å². The Morgan fingerprint density at radius 3 is 2.63 bits per heavy atom. The second kappa shape index (κ2) is 12.3. The first kappa shape index (κ1) is 27.4. The van der Waals surface area contributed by atoms with Gasteiger partial charge in [0.25, 0.3) is 5.91 Å². The minimum absolute atomic E-state index is 0.0337. The third-order valence-corrected chi connectivity index (χ3v) is 6.15. The molecule has 1 amide bonds. The monoisotopic (exact) mass is 563 g/mol. The van der Waals surface area contributed by atoms with Crippen LogP contribution in [0.3, 0.4) is 0 Å². The van der Waals surface area contributed by atoms with Gasteiger partial charge in [-0.1, -0.05) is 5.21 Å². The fourth-order valence-corrected chi connectivity index (χ4v) is 4.21. The summed E-state index contributed by atoms with van der Waals surface area (Å²) >= 11 is 0. The van der Waals surface area contributed by atoms with E-state index in [0.717, 1.165) is 25.9 Å². The number of halogens is 1. The molecule has 3 N–H and O–H groups in total. The number of carbonyl (C=O) groups is 2. The van der Waals surface area contributed by atoms with Gasteiger partial charge in [-0.25, -0.2) is 19.2 Å². The number of nitrogen functional groups attached to an aromatic ring is 1. The highest BCUT2D eigenvalue weighted by atomic mass is 19.1. The van der Waals surface area contributed by atoms with Gasteiger partial charge in [-0.3, -0.25) is 9.69 Å². The number of nitrogens with two attached hydrogens (primary N) is 1. The average molecular weight is 564 g/mol. The van der Waals surface area contributed by atoms with Crippen molar-refractivity contribution in [3.05, 3.63) is 70.8 Å². The molecule has 1 aliphatic rings. The zero-order valence-electron chi connectivity index (χ0n) is 22.0. The standard InChI is InChI=1S/C26H26FN9O5/c1-2-39-21-13-16(5-10-20(21)40-26(38)17-6-8-18(27)9-7-17)14-29-31-25(37)22-19(15-35-11-3-4-12-35)30-34-36(22)24-23(28)32-41-33-24/h5-10,13-14H,2-4,11-12,15H2,1H3,(H2,28,32)(H,31,37). The molecule has 2 aromatic heterocycles. The Morgan fingerprint density at radius 1 is 1.15 bits per heavy atom. The van der Waals surface area contributed by atoms with E-state index >= 15 is 0 Å². The van der Waals surface area contributed by atoms with Crippen molar-refractivity contribution < 1.29 is 28.1 Å². The lowest BCUT2D eigenvalue weighted by Gasteiger charge is -2.13. The van der Waals surface area contributed by atoms with E-state index < -0.39 is 17.7 Å². The van der Waals surface area contributed by atoms with Gasteiger partial charge in [-0.2, -0.15) is 9.78 Å². The van der Waals surface area contributed by atoms with Gasteiger partial charge in [0, 0.05) is 6.54 Å². The summed E-state index contributed by atoms with van der Waals surface area (Å²) in [6, 6.07) is 9.74. The molecule has 0 aliphatic carbocycles. The van der Waals surface area contributed by atoms with Crippen molar-refractivity contribution in [1.29, 1.82) is 0 Å². The normalized spacial score (nSPS) is 13.5. The van der Waals surface area contributed by atoms with E-state index in [1.54, 1.807) is 19.1 Å². The van der Waals surface area contributed by atoms with Gasteiger partial charge in [0.15, 0.2) is 17.2 Å². The van der Waals surface area contributed by atoms with Gasteiger partial charge in [-0.15, -0.1) is 5.10 Å². The van der Waals surface area contributed by atoms with E-state index in [1.165, 1.54) is 41.2 Å². The number of esters is 1. The largest absolute Gasteiger partial charge is 0.490 e. The molecule has 0 unspecified atom stereocenters. The van der Waals surface area contributed by atoms with Crippen molar-refractivity contribution in [2.75, 3.05) is 25.4 Å². The number of aromatic nitrogens is 5. The quantitative estimate of drug-likeness (QED) is 0.125. The van der Waals surface area contributed by atoms with E-state index in [9.17, 15) is 14.0 Å². The Hall–Kier alpha value is -5.18. The number of anilines is 1. The fraction of sp³-hybridized carbons (Fsp3) is 0.269. The molecular weight excluding hydrogens is 537 g/mol. The number of hydrazone groups is 1. The highest BCUT2D eigenvalue weighted by Gasteiger charge is 2.27. The molecule has 14 nitrogen and oxygen atoms in total. The zero-order chi connectivity index (χ0) is 28.8. The van der Waals surface area contributed by atoms with E-state index in [-0.39, 0.29) is 34.4 Å². The molecule has 4 aromatic rings. The smallest absolute Gasteiger partial charge is 0.343 e. The maximum atomic E-state index is 13.2. The van der Waals surface area contributed by atoms with Crippen LogP contribution in [-0.2, 0) is 6.54 Å². The summed E-state index contributed by atoms with van der Waals surface area (Å²) in [5.41, 5.74) is 9.55. The van der Waals surface area contributed by atoms with Gasteiger partial charge in [0.2, 0.25) is 11.6 Å². The Bertz CT molecular complexity index is 1560. The number of carbonyl (C=O) groups excluding carboxylic acids is 2. The summed E-state index contributed by atoms with van der Waals surface area (Å²) in [5.74, 6) is -1.30. The molecule has 0 atom stereocenters. The molecular formula is C26H26FN9O5. The van der Waals surface area contributed by atoms with Crippen molar-refractivity contribution >= 4 is 23.9 Å². The molecule has 0 spiro atoms. The number of amides is 1. The van der Waals surface area contributed by atoms with Crippen LogP contribution in [0.15, 0.2) is 52.2 Å². The van der Waals surface area contributed by atoms with E-state index in [1.807, 2.05) is 0 Å². The lowest BCUT2D eigenvalue weighted by Crippen LogP contribution is -2.26. The first-order valence-electron chi connectivity index (χ1n) is 12.8. The van der Waals surface area contributed by atoms with Crippen LogP contribution in [0.25, 0.3) is 5.82 Å². The van der Waals surface area contributed by atoms with Gasteiger partial charge in [-0.05, 0) is 91.2 Å². The van der Waals surface area contributed by atoms with E-state index in [0.29, 0.717) is 24.4 Å². The number of nitrogens with one attached hydrogen (secondary N) is 1. The third kappa shape index (κ3) is 6.36. The Morgan fingerprint density at radius 2 is 1.93 bits per heavy atom. The van der Waals surface area contributed by atoms with Crippen molar-refractivity contribution in [2.24, 2.45) is 5.10 Å². The minimum atomic E-state index is -0.669. The molecule has 15 heteroatoms. The molecule has 5 rings (SSSR count). The maximum absolute atomic E-state index is 13.2. The highest BCUT2D eigenvalue weighted by molar-refractivity contribution is 5.95. The van der Waals surface area contributed by atoms with Crippen molar-refractivity contribution in [1.82, 2.24) is 35.6 Å². The molecule has 41 heavy (non-hydrogen) atoms. The van der Waals surface area contributed by atoms with Crippen molar-refractivity contribution in [3.63, 3.8) is 0 Å². The summed E-state index contributed by atoms with van der Waals surface area (Å²) in [4.78, 5) is 27.9. The van der Waals surface area contributed by atoms with E-state index in [2.05, 4.69) is 40.7 Å². The number of nitrogens with zero attached hydrogens (tertiary/aromatic N) is 7. The summed E-state index contributed by atoms with van der Waals surface area (Å²) < 4.78 is 30.1. The molecule has 1 fully saturated rings. The Kier molecular flexibility index (Phi) is 8.24. The number of ether oxygens (including phenoxy) is 2. The summed E-state index contributed by atoms with van der Waals surface area (Å²) in [7, 11) is 0. The average Bonchev–Trinajstić information content (AvgIpc) is 3.72. The lowest BCUT2D eigenvalue weighted by molar-refractivity contribution is 0.0728. The number of rotatable bonds is 10. The molecule has 0 bridgehead atoms. The van der Waals surface area contributed by atoms with Crippen LogP contribution >= 0.6 is 0 Å². The predicted molar refractivity (Wildman–Crippen MR) is 142 cm³/mol. The van der Waals surface area contributed by atoms with Gasteiger partial charge >= 0.3 is 5.97 Å². The van der Waals surface area contributed by atoms with Crippen molar-refractivity contribution in [2.45, 2.75) is 26.3 Å². The summed E-state index contributed by atoms with van der Waals surface area (Å²) in [6.45, 7) is 4.26. The molecule has 0 saturated carbocycles. The minimum Gasteiger partial charge on any atom is -0.490 e. The predicted octanol–water partition coefficient (Wildman–Crippen LogP) is 2.35. The molecule has 1 aliphatic heterocycles. The third-order valence-electron chi connectivity index (χ3n) is 6.15. The number of hydrogen-bond donors (Lipinski definition) is 2. The molecule has 0 radical (unpaired) electrons. The van der Waals surface area contributed by atoms with Crippen LogP contribution in [0.1, 0.15) is 51.9 Å². The van der Waals surface area contributed by atoms with Gasteiger partial charge in [0.1, 0.15) is 11.5 Å². The second-order valence-electron chi connectivity index (χ2n) is 8.99. The number of hydrogen-bond acceptors (Lipinski definition) is 12. The Labute approximate surface area is 232 Å². The lowest BCUT2D eigenvalue weighted by atomic mass is 10.2. The van der Waals surface area contributed by atoms with Crippen LogP contribution in [-0.4, -0.2) is 68.0 Å². The maximum Gasteiger partial charge on any atom is 0.343 e. The number of likely N-dealkylation sites (tertiary alicyclic amines) is 1. The van der Waals surface area contributed by atoms with Crippen LogP contribution in [0.5, 0.6) is 11.5 Å². The molecule has 2 aromatic carbocycles. The summed E-state index contributed by atoms with van der Waals surface area (Å²) in [5, 5.41) is 19.6. The Balaban J connectivity index is 1.32. The van der Waals surface area contributed by atoms with Crippen LogP contribution in [0.2, 0.25) is 0 Å². The highest BCUT2D eigenvalue weighted by Crippen LogP contribution is 2.29. The molecule has 1 saturated heterocycles. The molecule has 212 valence electrons. The topological polar surface area (TPSA) is 176 Å². The van der Waals surface area contributed by atoms with Crippen LogP contribution in [0, 0.1) is 5.82 Å². The number of benzene rings is 2. The zero-order valence-corrected chi connectivity index (χ0v) is 22.0. The second-order valence-corrected chi connectivity index (χ2v) is 8.99. The SMILES string of the molecule is CCOc1cc(C=NNC(=O)c2c(CN3CCCC3)nnn2-c2nonc2N)ccc1OC(=O)c1ccc(F)cc1. The van der Waals surface area contributed by atoms with Crippen LogP contribution in [0.4, 0.5) is 10.2 Å². The fourth-order valence-electron chi connectivity index (χ4n) is 4.21. The molecule has 3 heterocycles. The van der Waals surface area contributed by atoms with Gasteiger partial charge in [0.05, 0.1) is 18.4 Å². The van der Waals surface area contributed by atoms with Crippen molar-refractivity contribution in [3.8, 4) is 17.3 Å². The van der Waals surface area contributed by atoms with Gasteiger partial charge < -0.3 is 15.2 Å². The first-order chi connectivity index (χ1) is 19.9. The first-order valence-corrected chi connectivity index (χ1v) is 12.8. The summed E-state index contributed by atoms with van der Waals surface area (Å²) in [6.07, 6.45) is 3.52.